The highest BCUT2D eigenvalue weighted by atomic mass is 19.1. The number of tetrazole rings is 1. The largest absolute Gasteiger partial charge is 0.352 e. The number of rotatable bonds is 7. The first-order valence-electron chi connectivity index (χ1n) is 8.47. The zero-order chi connectivity index (χ0) is 18.4. The van der Waals surface area contributed by atoms with Gasteiger partial charge in [0.25, 0.3) is 0 Å². The first kappa shape index (κ1) is 17.7. The van der Waals surface area contributed by atoms with Crippen LogP contribution in [0.25, 0.3) is 11.4 Å². The van der Waals surface area contributed by atoms with Gasteiger partial charge in [-0.2, -0.15) is 4.80 Å². The van der Waals surface area contributed by atoms with Crippen molar-refractivity contribution in [3.8, 4) is 11.4 Å². The number of amides is 1. The monoisotopic (exact) mass is 353 g/mol. The van der Waals surface area contributed by atoms with E-state index in [-0.39, 0.29) is 24.3 Å². The molecule has 1 aromatic heterocycles. The molecule has 0 fully saturated rings. The van der Waals surface area contributed by atoms with Gasteiger partial charge in [-0.25, -0.2) is 4.39 Å². The van der Waals surface area contributed by atoms with Crippen LogP contribution >= 0.6 is 0 Å². The zero-order valence-electron chi connectivity index (χ0n) is 14.5. The van der Waals surface area contributed by atoms with Crippen molar-refractivity contribution < 1.29 is 9.18 Å². The summed E-state index contributed by atoms with van der Waals surface area (Å²) in [6, 6.07) is 16.0. The Kier molecular flexibility index (Phi) is 5.68. The number of halogens is 1. The normalized spacial score (nSPS) is 11.9. The summed E-state index contributed by atoms with van der Waals surface area (Å²) in [4.78, 5) is 13.4. The highest BCUT2D eigenvalue weighted by Crippen LogP contribution is 2.13. The van der Waals surface area contributed by atoms with E-state index in [4.69, 9.17) is 0 Å². The predicted octanol–water partition coefficient (Wildman–Crippen LogP) is 2.62. The van der Waals surface area contributed by atoms with E-state index < -0.39 is 0 Å². The molecule has 0 aliphatic heterocycles. The van der Waals surface area contributed by atoms with E-state index in [0.717, 1.165) is 12.8 Å². The summed E-state index contributed by atoms with van der Waals surface area (Å²) in [6.07, 6.45) is 1.75. The van der Waals surface area contributed by atoms with Gasteiger partial charge in [0, 0.05) is 11.6 Å². The number of aromatic nitrogens is 4. The maximum atomic E-state index is 13.0. The molecule has 0 bridgehead atoms. The Balaban J connectivity index is 1.49. The van der Waals surface area contributed by atoms with Crippen molar-refractivity contribution in [2.45, 2.75) is 32.4 Å². The van der Waals surface area contributed by atoms with Crippen LogP contribution in [0.3, 0.4) is 0 Å². The fourth-order valence-corrected chi connectivity index (χ4v) is 2.57. The molecule has 2 aromatic carbocycles. The molecule has 7 heteroatoms. The number of carbonyl (C=O) groups is 1. The molecule has 6 nitrogen and oxygen atoms in total. The molecule has 134 valence electrons. The van der Waals surface area contributed by atoms with E-state index >= 15 is 0 Å². The van der Waals surface area contributed by atoms with Gasteiger partial charge in [0.1, 0.15) is 12.4 Å². The fourth-order valence-electron chi connectivity index (χ4n) is 2.57. The highest BCUT2D eigenvalue weighted by Gasteiger charge is 2.12. The summed E-state index contributed by atoms with van der Waals surface area (Å²) in [6.45, 7) is 1.96. The summed E-state index contributed by atoms with van der Waals surface area (Å²) in [5.41, 5.74) is 1.89. The van der Waals surface area contributed by atoms with E-state index in [2.05, 4.69) is 32.9 Å². The molecule has 0 radical (unpaired) electrons. The third-order valence-corrected chi connectivity index (χ3v) is 3.96. The number of nitrogens with one attached hydrogen (secondary N) is 1. The van der Waals surface area contributed by atoms with Gasteiger partial charge in [0.2, 0.25) is 11.7 Å². The van der Waals surface area contributed by atoms with Crippen molar-refractivity contribution in [1.29, 1.82) is 0 Å². The highest BCUT2D eigenvalue weighted by molar-refractivity contribution is 5.75. The molecule has 0 spiro atoms. The third kappa shape index (κ3) is 4.95. The number of nitrogens with zero attached hydrogens (tertiary/aromatic N) is 4. The molecule has 26 heavy (non-hydrogen) atoms. The van der Waals surface area contributed by atoms with Crippen LogP contribution in [-0.4, -0.2) is 32.2 Å². The maximum Gasteiger partial charge on any atom is 0.243 e. The minimum Gasteiger partial charge on any atom is -0.352 e. The number of carbonyl (C=O) groups excluding carboxylic acids is 1. The lowest BCUT2D eigenvalue weighted by Crippen LogP contribution is -2.35. The third-order valence-electron chi connectivity index (χ3n) is 3.96. The van der Waals surface area contributed by atoms with Gasteiger partial charge in [-0.1, -0.05) is 30.3 Å². The van der Waals surface area contributed by atoms with E-state index in [1.165, 1.54) is 22.5 Å². The molecule has 1 atom stereocenters. The molecule has 0 aliphatic rings. The molecule has 1 heterocycles. The van der Waals surface area contributed by atoms with Crippen LogP contribution in [0.1, 0.15) is 18.9 Å². The Morgan fingerprint density at radius 1 is 1.15 bits per heavy atom. The molecular weight excluding hydrogens is 333 g/mol. The quantitative estimate of drug-likeness (QED) is 0.709. The van der Waals surface area contributed by atoms with Crippen LogP contribution in [0.2, 0.25) is 0 Å². The summed E-state index contributed by atoms with van der Waals surface area (Å²) in [5.74, 6) is -0.145. The fraction of sp³-hybridized carbons (Fsp3) is 0.263. The Hall–Kier alpha value is -3.09. The van der Waals surface area contributed by atoms with Crippen molar-refractivity contribution in [3.05, 3.63) is 66.0 Å². The molecule has 3 aromatic rings. The molecule has 3 rings (SSSR count). The van der Waals surface area contributed by atoms with Crippen molar-refractivity contribution in [3.63, 3.8) is 0 Å². The summed E-state index contributed by atoms with van der Waals surface area (Å²) < 4.78 is 13.0. The van der Waals surface area contributed by atoms with Crippen molar-refractivity contribution in [2.75, 3.05) is 0 Å². The smallest absolute Gasteiger partial charge is 0.243 e. The van der Waals surface area contributed by atoms with Crippen LogP contribution < -0.4 is 5.32 Å². The van der Waals surface area contributed by atoms with E-state index in [1.807, 2.05) is 25.1 Å². The Morgan fingerprint density at radius 3 is 2.62 bits per heavy atom. The molecule has 0 aliphatic carbocycles. The lowest BCUT2D eigenvalue weighted by Gasteiger charge is -2.13. The molecule has 1 amide bonds. The van der Waals surface area contributed by atoms with Gasteiger partial charge in [-0.15, -0.1) is 10.2 Å². The van der Waals surface area contributed by atoms with Crippen molar-refractivity contribution >= 4 is 5.91 Å². The number of benzene rings is 2. The van der Waals surface area contributed by atoms with Crippen molar-refractivity contribution in [2.24, 2.45) is 0 Å². The van der Waals surface area contributed by atoms with Crippen molar-refractivity contribution in [1.82, 2.24) is 25.5 Å². The molecule has 0 saturated heterocycles. The SMILES string of the molecule is CC(CCc1ccccc1)NC(=O)Cn1nnc(-c2ccc(F)cc2)n1. The summed E-state index contributed by atoms with van der Waals surface area (Å²) >= 11 is 0. The standard InChI is InChI=1S/C19H20FN5O/c1-14(7-8-15-5-3-2-4-6-15)21-18(26)13-25-23-19(22-24-25)16-9-11-17(20)12-10-16/h2-6,9-12,14H,7-8,13H2,1H3,(H,21,26). The lowest BCUT2D eigenvalue weighted by atomic mass is 10.1. The molecular formula is C19H20FN5O. The molecule has 0 saturated carbocycles. The maximum absolute atomic E-state index is 13.0. The van der Waals surface area contributed by atoms with Gasteiger partial charge in [0.15, 0.2) is 0 Å². The average molecular weight is 353 g/mol. The topological polar surface area (TPSA) is 72.7 Å². The minimum atomic E-state index is -0.329. The Morgan fingerprint density at radius 2 is 1.88 bits per heavy atom. The lowest BCUT2D eigenvalue weighted by molar-refractivity contribution is -0.122. The second-order valence-electron chi connectivity index (χ2n) is 6.14. The van der Waals surface area contributed by atoms with E-state index in [1.54, 1.807) is 12.1 Å². The van der Waals surface area contributed by atoms with Gasteiger partial charge in [-0.3, -0.25) is 4.79 Å². The average Bonchev–Trinajstić information content (AvgIpc) is 3.09. The second kappa shape index (κ2) is 8.33. The van der Waals surface area contributed by atoms with E-state index in [9.17, 15) is 9.18 Å². The first-order chi connectivity index (χ1) is 12.6. The Labute approximate surface area is 151 Å². The zero-order valence-corrected chi connectivity index (χ0v) is 14.5. The van der Waals surface area contributed by atoms with Gasteiger partial charge in [0.05, 0.1) is 0 Å². The summed E-state index contributed by atoms with van der Waals surface area (Å²) in [5, 5.41) is 14.9. The van der Waals surface area contributed by atoms with Gasteiger partial charge >= 0.3 is 0 Å². The van der Waals surface area contributed by atoms with Crippen LogP contribution in [0, 0.1) is 5.82 Å². The molecule has 1 unspecified atom stereocenters. The van der Waals surface area contributed by atoms with Gasteiger partial charge in [-0.05, 0) is 54.8 Å². The minimum absolute atomic E-state index is 0.0100. The van der Waals surface area contributed by atoms with Gasteiger partial charge < -0.3 is 5.32 Å². The van der Waals surface area contributed by atoms with E-state index in [0.29, 0.717) is 11.4 Å². The second-order valence-corrected chi connectivity index (χ2v) is 6.14. The predicted molar refractivity (Wildman–Crippen MR) is 95.6 cm³/mol. The first-order valence-corrected chi connectivity index (χ1v) is 8.47. The van der Waals surface area contributed by atoms with Crippen LogP contribution in [0.15, 0.2) is 54.6 Å². The number of aryl methyl sites for hydroxylation is 1. The number of hydrogen-bond acceptors (Lipinski definition) is 4. The molecule has 1 N–H and O–H groups in total. The summed E-state index contributed by atoms with van der Waals surface area (Å²) in [7, 11) is 0. The van der Waals surface area contributed by atoms with Crippen LogP contribution in [0.5, 0.6) is 0 Å². The van der Waals surface area contributed by atoms with Crippen LogP contribution in [0.4, 0.5) is 4.39 Å². The van der Waals surface area contributed by atoms with Crippen LogP contribution in [-0.2, 0) is 17.8 Å². The number of hydrogen-bond donors (Lipinski definition) is 1. The Bertz CT molecular complexity index is 848.